The van der Waals surface area contributed by atoms with Gasteiger partial charge in [-0.25, -0.2) is 0 Å². The number of carboxylic acids is 1. The van der Waals surface area contributed by atoms with E-state index in [9.17, 15) is 20.1 Å². The van der Waals surface area contributed by atoms with Gasteiger partial charge in [0, 0.05) is 0 Å². The molecule has 4 fully saturated rings. The molecule has 4 nitrogen and oxygen atoms in total. The highest BCUT2D eigenvalue weighted by atomic mass is 16.4. The summed E-state index contributed by atoms with van der Waals surface area (Å²) in [7, 11) is 0. The van der Waals surface area contributed by atoms with Crippen molar-refractivity contribution in [2.75, 3.05) is 0 Å². The maximum absolute atomic E-state index is 11.4. The molecule has 0 radical (unpaired) electrons. The Labute approximate surface area is 176 Å². The first-order valence-corrected chi connectivity index (χ1v) is 12.2. The van der Waals surface area contributed by atoms with E-state index < -0.39 is 5.97 Å². The molecule has 1 unspecified atom stereocenters. The van der Waals surface area contributed by atoms with Gasteiger partial charge < -0.3 is 15.3 Å². The van der Waals surface area contributed by atoms with E-state index in [1.165, 1.54) is 25.7 Å². The largest absolute Gasteiger partial charge is 0.481 e. The summed E-state index contributed by atoms with van der Waals surface area (Å²) >= 11 is 0. The van der Waals surface area contributed by atoms with Crippen LogP contribution in [-0.4, -0.2) is 33.5 Å². The van der Waals surface area contributed by atoms with Gasteiger partial charge in [-0.1, -0.05) is 27.7 Å². The van der Waals surface area contributed by atoms with Gasteiger partial charge in [0.05, 0.1) is 18.1 Å². The second kappa shape index (κ2) is 7.51. The highest BCUT2D eigenvalue weighted by Gasteiger charge is 2.62. The summed E-state index contributed by atoms with van der Waals surface area (Å²) in [5, 5.41) is 30.9. The summed E-state index contributed by atoms with van der Waals surface area (Å²) in [6.45, 7) is 9.02. The van der Waals surface area contributed by atoms with Crippen molar-refractivity contribution < 1.29 is 20.1 Å². The summed E-state index contributed by atoms with van der Waals surface area (Å²) < 4.78 is 0. The van der Waals surface area contributed by atoms with Gasteiger partial charge in [-0.15, -0.1) is 0 Å². The zero-order chi connectivity index (χ0) is 21.1. The van der Waals surface area contributed by atoms with E-state index in [2.05, 4.69) is 20.8 Å². The van der Waals surface area contributed by atoms with Crippen LogP contribution in [0.1, 0.15) is 85.5 Å². The molecule has 3 N–H and O–H groups in total. The molecule has 0 bridgehead atoms. The fourth-order valence-electron chi connectivity index (χ4n) is 9.00. The Morgan fingerprint density at radius 2 is 1.62 bits per heavy atom. The van der Waals surface area contributed by atoms with Gasteiger partial charge in [-0.3, -0.25) is 4.79 Å². The third-order valence-electron chi connectivity index (χ3n) is 10.6. The molecule has 0 amide bonds. The molecule has 166 valence electrons. The highest BCUT2D eigenvalue weighted by molar-refractivity contribution is 5.69. The first-order chi connectivity index (χ1) is 13.6. The molecular formula is C25H42O4. The molecule has 0 heterocycles. The molecule has 0 aromatic rings. The maximum atomic E-state index is 11.4. The molecular weight excluding hydrogens is 364 g/mol. The van der Waals surface area contributed by atoms with Gasteiger partial charge in [-0.05, 0) is 104 Å². The van der Waals surface area contributed by atoms with Gasteiger partial charge in [0.25, 0.3) is 0 Å². The molecule has 0 aromatic carbocycles. The van der Waals surface area contributed by atoms with Crippen LogP contribution in [0.15, 0.2) is 0 Å². The Bertz CT molecular complexity index is 634. The standard InChI is InChI=1S/C25H42O4/c1-14(11-15(2)23(28)29)18-5-6-19-22-20(8-10-25(18,19)4)24(3)9-7-17(26)12-16(24)13-21(22)27/h14-22,26-27H,5-13H2,1-4H3,(H,28,29)/t14-,15?,16+,17-,18-,19+,20+,21+,22+,24+,25-/m1/s1. The van der Waals surface area contributed by atoms with Crippen LogP contribution in [0.25, 0.3) is 0 Å². The van der Waals surface area contributed by atoms with E-state index in [1.54, 1.807) is 0 Å². The quantitative estimate of drug-likeness (QED) is 0.631. The summed E-state index contributed by atoms with van der Waals surface area (Å²) in [5.41, 5.74) is 0.503. The summed E-state index contributed by atoms with van der Waals surface area (Å²) in [6.07, 6.45) is 8.87. The Morgan fingerprint density at radius 1 is 0.966 bits per heavy atom. The lowest BCUT2D eigenvalue weighted by atomic mass is 9.43. The van der Waals surface area contributed by atoms with Crippen molar-refractivity contribution in [1.29, 1.82) is 0 Å². The number of hydrogen-bond acceptors (Lipinski definition) is 3. The van der Waals surface area contributed by atoms with Gasteiger partial charge >= 0.3 is 5.97 Å². The van der Waals surface area contributed by atoms with Crippen LogP contribution in [0.5, 0.6) is 0 Å². The lowest BCUT2D eigenvalue weighted by Gasteiger charge is -2.62. The van der Waals surface area contributed by atoms with Crippen molar-refractivity contribution in [2.24, 2.45) is 52.3 Å². The Balaban J connectivity index is 1.56. The maximum Gasteiger partial charge on any atom is 0.306 e. The van der Waals surface area contributed by atoms with Crippen LogP contribution in [0, 0.1) is 52.3 Å². The first kappa shape index (κ1) is 21.6. The summed E-state index contributed by atoms with van der Waals surface area (Å²) in [4.78, 5) is 11.4. The minimum atomic E-state index is -0.679. The van der Waals surface area contributed by atoms with Crippen molar-refractivity contribution in [3.63, 3.8) is 0 Å². The molecule has 4 saturated carbocycles. The van der Waals surface area contributed by atoms with Crippen LogP contribution >= 0.6 is 0 Å². The number of aliphatic carboxylic acids is 1. The predicted octanol–water partition coefficient (Wildman–Crippen LogP) is 4.72. The monoisotopic (exact) mass is 406 g/mol. The zero-order valence-corrected chi connectivity index (χ0v) is 18.8. The molecule has 4 heteroatoms. The average molecular weight is 407 g/mol. The number of aliphatic hydroxyl groups is 2. The second-order valence-corrected chi connectivity index (χ2v) is 11.9. The van der Waals surface area contributed by atoms with E-state index in [0.717, 1.165) is 32.1 Å². The van der Waals surface area contributed by atoms with Crippen LogP contribution in [0.4, 0.5) is 0 Å². The lowest BCUT2D eigenvalue weighted by molar-refractivity contribution is -0.174. The second-order valence-electron chi connectivity index (χ2n) is 11.9. The molecule has 0 aliphatic heterocycles. The third kappa shape index (κ3) is 3.37. The minimum Gasteiger partial charge on any atom is -0.481 e. The smallest absolute Gasteiger partial charge is 0.306 e. The minimum absolute atomic E-state index is 0.182. The highest BCUT2D eigenvalue weighted by Crippen LogP contribution is 2.68. The van der Waals surface area contributed by atoms with Gasteiger partial charge in [0.2, 0.25) is 0 Å². The number of aliphatic hydroxyl groups excluding tert-OH is 2. The summed E-state index contributed by atoms with van der Waals surface area (Å²) in [6, 6.07) is 0. The lowest BCUT2D eigenvalue weighted by Crippen LogP contribution is -2.58. The van der Waals surface area contributed by atoms with Crippen LogP contribution in [0.2, 0.25) is 0 Å². The Hall–Kier alpha value is -0.610. The number of rotatable bonds is 4. The zero-order valence-electron chi connectivity index (χ0n) is 18.8. The molecule has 11 atom stereocenters. The third-order valence-corrected chi connectivity index (χ3v) is 10.6. The van der Waals surface area contributed by atoms with Crippen molar-refractivity contribution in [3.8, 4) is 0 Å². The Morgan fingerprint density at radius 3 is 2.31 bits per heavy atom. The number of hydrogen-bond donors (Lipinski definition) is 3. The van der Waals surface area contributed by atoms with Crippen molar-refractivity contribution in [3.05, 3.63) is 0 Å². The first-order valence-electron chi connectivity index (χ1n) is 12.2. The molecule has 0 aromatic heterocycles. The van der Waals surface area contributed by atoms with Crippen molar-refractivity contribution in [2.45, 2.75) is 97.7 Å². The topological polar surface area (TPSA) is 77.8 Å². The van der Waals surface area contributed by atoms with Crippen LogP contribution < -0.4 is 0 Å². The van der Waals surface area contributed by atoms with Crippen molar-refractivity contribution in [1.82, 2.24) is 0 Å². The van der Waals surface area contributed by atoms with E-state index in [4.69, 9.17) is 0 Å². The predicted molar refractivity (Wildman–Crippen MR) is 113 cm³/mol. The van der Waals surface area contributed by atoms with E-state index >= 15 is 0 Å². The fraction of sp³-hybridized carbons (Fsp3) is 0.960. The van der Waals surface area contributed by atoms with Gasteiger partial charge in [0.1, 0.15) is 0 Å². The number of carboxylic acid groups (broad SMARTS) is 1. The normalized spacial score (nSPS) is 51.4. The van der Waals surface area contributed by atoms with Gasteiger partial charge in [0.15, 0.2) is 0 Å². The molecule has 0 spiro atoms. The summed E-state index contributed by atoms with van der Waals surface area (Å²) in [5.74, 6) is 2.02. The van der Waals surface area contributed by atoms with E-state index in [1.807, 2.05) is 6.92 Å². The molecule has 0 saturated heterocycles. The molecule has 4 aliphatic rings. The fourth-order valence-corrected chi connectivity index (χ4v) is 9.00. The van der Waals surface area contributed by atoms with Crippen molar-refractivity contribution >= 4 is 5.97 Å². The molecule has 4 rings (SSSR count). The van der Waals surface area contributed by atoms with E-state index in [-0.39, 0.29) is 29.0 Å². The number of carbonyl (C=O) groups is 1. The van der Waals surface area contributed by atoms with Gasteiger partial charge in [-0.2, -0.15) is 0 Å². The Kier molecular flexibility index (Phi) is 5.60. The molecule has 4 aliphatic carbocycles. The SMILES string of the molecule is CC(C[C@@H](C)[C@H]1CC[C@H]2[C@@H]3[C@@H](O)C[C@@H]4C[C@H](O)CC[C@]4(C)[C@H]3CC[C@]12C)C(=O)O. The van der Waals surface area contributed by atoms with Crippen LogP contribution in [0.3, 0.4) is 0 Å². The van der Waals surface area contributed by atoms with E-state index in [0.29, 0.717) is 35.5 Å². The number of fused-ring (bicyclic) bond motifs is 5. The van der Waals surface area contributed by atoms with Crippen LogP contribution in [-0.2, 0) is 4.79 Å². The molecule has 29 heavy (non-hydrogen) atoms. The average Bonchev–Trinajstić information content (AvgIpc) is 3.00.